The largest absolute Gasteiger partial charge is 0.386 e. The number of hydrogen-bond donors (Lipinski definition) is 1. The van der Waals surface area contributed by atoms with Gasteiger partial charge in [-0.15, -0.1) is 0 Å². The van der Waals surface area contributed by atoms with Crippen LogP contribution in [0.3, 0.4) is 0 Å². The zero-order valence-corrected chi connectivity index (χ0v) is 15.2. The molecule has 3 fully saturated rings. The van der Waals surface area contributed by atoms with E-state index in [0.717, 1.165) is 36.5 Å². The van der Waals surface area contributed by atoms with E-state index in [1.807, 2.05) is 5.57 Å². The van der Waals surface area contributed by atoms with E-state index in [0.29, 0.717) is 0 Å². The molecular formula is C22H36O. The molecule has 0 amide bonds. The van der Waals surface area contributed by atoms with Crippen LogP contribution >= 0.6 is 0 Å². The van der Waals surface area contributed by atoms with Gasteiger partial charge in [0.15, 0.2) is 0 Å². The summed E-state index contributed by atoms with van der Waals surface area (Å²) in [6.45, 7) is 2.32. The molecule has 0 heterocycles. The van der Waals surface area contributed by atoms with Gasteiger partial charge >= 0.3 is 0 Å². The van der Waals surface area contributed by atoms with Crippen LogP contribution < -0.4 is 0 Å². The Morgan fingerprint density at radius 1 is 1.04 bits per heavy atom. The van der Waals surface area contributed by atoms with Gasteiger partial charge in [0.05, 0.1) is 5.60 Å². The highest BCUT2D eigenvalue weighted by atomic mass is 16.3. The lowest BCUT2D eigenvalue weighted by Gasteiger charge is -2.51. The SMILES string of the molecule is CCCCC[C@H]1C[C@@H]2CCC[C@H]2[C@@H]2CC[C@@]3(O)CCCCC3=C12. The van der Waals surface area contributed by atoms with Gasteiger partial charge in [0.1, 0.15) is 0 Å². The van der Waals surface area contributed by atoms with Gasteiger partial charge < -0.3 is 5.11 Å². The summed E-state index contributed by atoms with van der Waals surface area (Å²) in [5, 5.41) is 11.3. The first-order valence-electron chi connectivity index (χ1n) is 10.7. The Morgan fingerprint density at radius 2 is 1.96 bits per heavy atom. The van der Waals surface area contributed by atoms with Crippen molar-refractivity contribution in [3.05, 3.63) is 11.1 Å². The van der Waals surface area contributed by atoms with E-state index in [-0.39, 0.29) is 0 Å². The van der Waals surface area contributed by atoms with Gasteiger partial charge in [0.2, 0.25) is 0 Å². The summed E-state index contributed by atoms with van der Waals surface area (Å²) in [5.41, 5.74) is 2.99. The van der Waals surface area contributed by atoms with Crippen LogP contribution in [0.2, 0.25) is 0 Å². The molecule has 0 bridgehead atoms. The Bertz CT molecular complexity index is 465. The molecular weight excluding hydrogens is 280 g/mol. The summed E-state index contributed by atoms with van der Waals surface area (Å²) < 4.78 is 0. The summed E-state index contributed by atoms with van der Waals surface area (Å²) in [7, 11) is 0. The van der Waals surface area contributed by atoms with E-state index >= 15 is 0 Å². The Morgan fingerprint density at radius 3 is 2.83 bits per heavy atom. The second kappa shape index (κ2) is 6.54. The fourth-order valence-corrected chi connectivity index (χ4v) is 6.85. The lowest BCUT2D eigenvalue weighted by molar-refractivity contribution is 0.0115. The third-order valence-corrected chi connectivity index (χ3v) is 7.86. The maximum Gasteiger partial charge on any atom is 0.0859 e. The van der Waals surface area contributed by atoms with Crippen molar-refractivity contribution in [1.29, 1.82) is 0 Å². The van der Waals surface area contributed by atoms with Gasteiger partial charge in [-0.05, 0) is 87.0 Å². The summed E-state index contributed by atoms with van der Waals surface area (Å²) in [5.74, 6) is 3.68. The van der Waals surface area contributed by atoms with Crippen LogP contribution in [0.5, 0.6) is 0 Å². The molecule has 1 nitrogen and oxygen atoms in total. The van der Waals surface area contributed by atoms with Gasteiger partial charge in [0.25, 0.3) is 0 Å². The molecule has 1 heteroatoms. The third kappa shape index (κ3) is 2.81. The molecule has 0 aliphatic heterocycles. The topological polar surface area (TPSA) is 20.2 Å². The molecule has 0 aromatic heterocycles. The highest BCUT2D eigenvalue weighted by Crippen LogP contribution is 2.58. The van der Waals surface area contributed by atoms with Crippen molar-refractivity contribution >= 4 is 0 Å². The van der Waals surface area contributed by atoms with Crippen molar-refractivity contribution < 1.29 is 5.11 Å². The summed E-state index contributed by atoms with van der Waals surface area (Å²) in [4.78, 5) is 0. The highest BCUT2D eigenvalue weighted by molar-refractivity contribution is 5.34. The molecule has 4 aliphatic carbocycles. The number of allylic oxidation sites excluding steroid dienone is 1. The number of aliphatic hydroxyl groups is 1. The molecule has 0 aromatic carbocycles. The summed E-state index contributed by atoms with van der Waals surface area (Å²) in [6, 6.07) is 0. The number of unbranched alkanes of at least 4 members (excludes halogenated alkanes) is 2. The van der Waals surface area contributed by atoms with Crippen molar-refractivity contribution in [2.45, 2.75) is 102 Å². The van der Waals surface area contributed by atoms with Crippen LogP contribution in [0.25, 0.3) is 0 Å². The first kappa shape index (κ1) is 16.2. The van der Waals surface area contributed by atoms with Crippen LogP contribution in [0.4, 0.5) is 0 Å². The lowest BCUT2D eigenvalue weighted by Crippen LogP contribution is -2.45. The molecule has 3 saturated carbocycles. The lowest BCUT2D eigenvalue weighted by atomic mass is 9.56. The predicted molar refractivity (Wildman–Crippen MR) is 96.2 cm³/mol. The summed E-state index contributed by atoms with van der Waals surface area (Å²) >= 11 is 0. The van der Waals surface area contributed by atoms with E-state index in [4.69, 9.17) is 0 Å². The zero-order valence-electron chi connectivity index (χ0n) is 15.2. The Balaban J connectivity index is 1.67. The fourth-order valence-electron chi connectivity index (χ4n) is 6.85. The Labute approximate surface area is 142 Å². The molecule has 0 saturated heterocycles. The van der Waals surface area contributed by atoms with E-state index in [1.54, 1.807) is 5.57 Å². The molecule has 5 atom stereocenters. The molecule has 130 valence electrons. The Kier molecular flexibility index (Phi) is 4.60. The average Bonchev–Trinajstić information content (AvgIpc) is 3.02. The van der Waals surface area contributed by atoms with Gasteiger partial charge in [-0.25, -0.2) is 0 Å². The van der Waals surface area contributed by atoms with Crippen LogP contribution in [0, 0.1) is 23.7 Å². The minimum Gasteiger partial charge on any atom is -0.386 e. The van der Waals surface area contributed by atoms with Crippen molar-refractivity contribution in [2.75, 3.05) is 0 Å². The standard InChI is InChI=1S/C22H36O/c1-2-3-4-8-17-15-16-9-7-10-18(16)19-12-14-22(23)13-6-5-11-20(22)21(17)19/h16-19,23H,2-15H2,1H3/t16-,17-,18+,19-,22-/m0/s1. The van der Waals surface area contributed by atoms with Crippen LogP contribution in [0.1, 0.15) is 96.8 Å². The molecule has 0 spiro atoms. The first-order valence-corrected chi connectivity index (χ1v) is 10.7. The van der Waals surface area contributed by atoms with Gasteiger partial charge in [-0.3, -0.25) is 0 Å². The molecule has 4 rings (SSSR count). The quantitative estimate of drug-likeness (QED) is 0.497. The van der Waals surface area contributed by atoms with Crippen LogP contribution in [-0.2, 0) is 0 Å². The molecule has 4 aliphatic rings. The van der Waals surface area contributed by atoms with Crippen LogP contribution in [0.15, 0.2) is 11.1 Å². The van der Waals surface area contributed by atoms with E-state index < -0.39 is 5.60 Å². The molecule has 0 aromatic rings. The van der Waals surface area contributed by atoms with Gasteiger partial charge in [-0.1, -0.05) is 44.6 Å². The zero-order chi connectivity index (χ0) is 15.9. The fraction of sp³-hybridized carbons (Fsp3) is 0.909. The monoisotopic (exact) mass is 316 g/mol. The van der Waals surface area contributed by atoms with E-state index in [2.05, 4.69) is 6.92 Å². The second-order valence-electron chi connectivity index (χ2n) is 9.10. The number of hydrogen-bond acceptors (Lipinski definition) is 1. The normalized spacial score (nSPS) is 43.0. The van der Waals surface area contributed by atoms with Crippen molar-refractivity contribution in [1.82, 2.24) is 0 Å². The third-order valence-electron chi connectivity index (χ3n) is 7.86. The minimum absolute atomic E-state index is 0.390. The van der Waals surface area contributed by atoms with Crippen LogP contribution in [-0.4, -0.2) is 10.7 Å². The van der Waals surface area contributed by atoms with E-state index in [1.165, 1.54) is 77.0 Å². The molecule has 23 heavy (non-hydrogen) atoms. The first-order chi connectivity index (χ1) is 11.2. The maximum atomic E-state index is 11.3. The maximum absolute atomic E-state index is 11.3. The minimum atomic E-state index is -0.390. The van der Waals surface area contributed by atoms with Crippen molar-refractivity contribution in [3.8, 4) is 0 Å². The number of fused-ring (bicyclic) bond motifs is 4. The number of rotatable bonds is 4. The van der Waals surface area contributed by atoms with Gasteiger partial charge in [0, 0.05) is 0 Å². The summed E-state index contributed by atoms with van der Waals surface area (Å²) in [6.07, 6.45) is 18.6. The van der Waals surface area contributed by atoms with E-state index in [9.17, 15) is 5.11 Å². The molecule has 0 unspecified atom stereocenters. The Hall–Kier alpha value is -0.300. The molecule has 0 radical (unpaired) electrons. The van der Waals surface area contributed by atoms with Gasteiger partial charge in [-0.2, -0.15) is 0 Å². The molecule has 1 N–H and O–H groups in total. The highest BCUT2D eigenvalue weighted by Gasteiger charge is 2.50. The predicted octanol–water partition coefficient (Wildman–Crippen LogP) is 6.01. The van der Waals surface area contributed by atoms with Crippen molar-refractivity contribution in [2.24, 2.45) is 23.7 Å². The average molecular weight is 317 g/mol. The second-order valence-corrected chi connectivity index (χ2v) is 9.10. The smallest absolute Gasteiger partial charge is 0.0859 e. The van der Waals surface area contributed by atoms with Crippen molar-refractivity contribution in [3.63, 3.8) is 0 Å².